The molecule has 0 amide bonds. The fourth-order valence-corrected chi connectivity index (χ4v) is 2.67. The Morgan fingerprint density at radius 2 is 1.95 bits per heavy atom. The van der Waals surface area contributed by atoms with Gasteiger partial charge < -0.3 is 15.2 Å². The van der Waals surface area contributed by atoms with Crippen molar-refractivity contribution in [3.8, 4) is 0 Å². The summed E-state index contributed by atoms with van der Waals surface area (Å²) in [5.74, 6) is 0.678. The van der Waals surface area contributed by atoms with E-state index in [1.54, 1.807) is 7.11 Å². The van der Waals surface area contributed by atoms with Crippen molar-refractivity contribution in [2.24, 2.45) is 0 Å². The fourth-order valence-electron chi connectivity index (χ4n) is 2.67. The zero-order valence-corrected chi connectivity index (χ0v) is 12.9. The Morgan fingerprint density at radius 1 is 1.30 bits per heavy atom. The summed E-state index contributed by atoms with van der Waals surface area (Å²) in [6.07, 6.45) is 3.01. The van der Waals surface area contributed by atoms with Crippen LogP contribution in [0.15, 0.2) is 24.3 Å². The van der Waals surface area contributed by atoms with Crippen LogP contribution in [0.3, 0.4) is 0 Å². The smallest absolute Gasteiger partial charge is 0.0765 e. The average Bonchev–Trinajstić information content (AvgIpc) is 2.36. The molecule has 1 unspecified atom stereocenters. The van der Waals surface area contributed by atoms with E-state index < -0.39 is 5.60 Å². The van der Waals surface area contributed by atoms with E-state index in [-0.39, 0.29) is 0 Å². The molecule has 1 fully saturated rings. The second-order valence-corrected chi connectivity index (χ2v) is 6.40. The molecule has 20 heavy (non-hydrogen) atoms. The first-order valence-electron chi connectivity index (χ1n) is 7.51. The Hall–Kier alpha value is -0.900. The maximum Gasteiger partial charge on any atom is 0.0765 e. The highest BCUT2D eigenvalue weighted by Gasteiger charge is 2.31. The molecule has 0 radical (unpaired) electrons. The lowest BCUT2D eigenvalue weighted by Crippen LogP contribution is -2.47. The number of rotatable bonds is 7. The zero-order valence-electron chi connectivity index (χ0n) is 12.9. The Labute approximate surface area is 122 Å². The van der Waals surface area contributed by atoms with Crippen LogP contribution in [0, 0.1) is 6.92 Å². The summed E-state index contributed by atoms with van der Waals surface area (Å²) in [6, 6.07) is 9.39. The minimum Gasteiger partial charge on any atom is -0.389 e. The van der Waals surface area contributed by atoms with Crippen molar-refractivity contribution < 1.29 is 9.84 Å². The Bertz CT molecular complexity index is 408. The fraction of sp³-hybridized carbons (Fsp3) is 0.647. The molecule has 112 valence electrons. The Balaban J connectivity index is 1.70. The normalized spacial score (nSPS) is 25.0. The average molecular weight is 277 g/mol. The predicted molar refractivity (Wildman–Crippen MR) is 82.1 cm³/mol. The third-order valence-corrected chi connectivity index (χ3v) is 4.30. The van der Waals surface area contributed by atoms with E-state index in [4.69, 9.17) is 4.74 Å². The van der Waals surface area contributed by atoms with E-state index in [2.05, 4.69) is 36.5 Å². The maximum absolute atomic E-state index is 10.2. The van der Waals surface area contributed by atoms with Gasteiger partial charge in [-0.05, 0) is 38.2 Å². The molecule has 1 aliphatic carbocycles. The molecule has 2 N–H and O–H groups in total. The van der Waals surface area contributed by atoms with Crippen LogP contribution in [-0.4, -0.2) is 37.0 Å². The van der Waals surface area contributed by atoms with Gasteiger partial charge >= 0.3 is 0 Å². The summed E-state index contributed by atoms with van der Waals surface area (Å²) in [5.41, 5.74) is 2.09. The zero-order chi connectivity index (χ0) is 14.6. The van der Waals surface area contributed by atoms with Crippen LogP contribution in [0.4, 0.5) is 0 Å². The second-order valence-electron chi connectivity index (χ2n) is 6.40. The molecule has 1 aromatic rings. The van der Waals surface area contributed by atoms with Crippen LogP contribution in [0.5, 0.6) is 0 Å². The van der Waals surface area contributed by atoms with Gasteiger partial charge in [-0.2, -0.15) is 0 Å². The minimum atomic E-state index is -0.676. The number of aliphatic hydroxyl groups is 1. The Morgan fingerprint density at radius 3 is 2.55 bits per heavy atom. The van der Waals surface area contributed by atoms with Gasteiger partial charge in [0, 0.05) is 32.7 Å². The lowest BCUT2D eigenvalue weighted by molar-refractivity contribution is 0.0197. The molecule has 2 rings (SSSR count). The molecule has 1 aliphatic rings. The van der Waals surface area contributed by atoms with Crippen molar-refractivity contribution in [1.82, 2.24) is 5.32 Å². The molecule has 0 aliphatic heterocycles. The SMILES string of the molecule is COCCC(C)(O)CNC1CC(c2ccc(C)cc2)C1. The highest BCUT2D eigenvalue weighted by molar-refractivity contribution is 5.26. The van der Waals surface area contributed by atoms with Gasteiger partial charge in [0.05, 0.1) is 5.60 Å². The number of benzene rings is 1. The van der Waals surface area contributed by atoms with Crippen molar-refractivity contribution in [1.29, 1.82) is 0 Å². The lowest BCUT2D eigenvalue weighted by atomic mass is 9.75. The standard InChI is InChI=1S/C17H27NO2/c1-13-4-6-14(7-5-13)15-10-16(11-15)18-12-17(2,19)8-9-20-3/h4-7,15-16,18-19H,8-12H2,1-3H3. The monoisotopic (exact) mass is 277 g/mol. The van der Waals surface area contributed by atoms with E-state index in [9.17, 15) is 5.11 Å². The Kier molecular flexibility index (Phi) is 5.19. The van der Waals surface area contributed by atoms with Crippen molar-refractivity contribution in [2.45, 2.75) is 50.7 Å². The third-order valence-electron chi connectivity index (χ3n) is 4.30. The highest BCUT2D eigenvalue weighted by atomic mass is 16.5. The molecule has 0 bridgehead atoms. The third kappa shape index (κ3) is 4.30. The summed E-state index contributed by atoms with van der Waals surface area (Å²) in [5, 5.41) is 13.7. The second kappa shape index (κ2) is 6.70. The van der Waals surface area contributed by atoms with Crippen LogP contribution in [0.25, 0.3) is 0 Å². The van der Waals surface area contributed by atoms with Crippen molar-refractivity contribution in [3.63, 3.8) is 0 Å². The van der Waals surface area contributed by atoms with Gasteiger partial charge in [-0.3, -0.25) is 0 Å². The molecular weight excluding hydrogens is 250 g/mol. The first-order valence-corrected chi connectivity index (χ1v) is 7.51. The molecule has 3 nitrogen and oxygen atoms in total. The summed E-state index contributed by atoms with van der Waals surface area (Å²) in [6.45, 7) is 5.24. The van der Waals surface area contributed by atoms with Crippen molar-refractivity contribution >= 4 is 0 Å². The lowest BCUT2D eigenvalue weighted by Gasteiger charge is -2.38. The van der Waals surface area contributed by atoms with Gasteiger partial charge in [0.2, 0.25) is 0 Å². The van der Waals surface area contributed by atoms with Gasteiger partial charge in [0.25, 0.3) is 0 Å². The summed E-state index contributed by atoms with van der Waals surface area (Å²) >= 11 is 0. The number of aryl methyl sites for hydroxylation is 1. The molecule has 0 heterocycles. The van der Waals surface area contributed by atoms with Crippen LogP contribution < -0.4 is 5.32 Å². The minimum absolute atomic E-state index is 0.537. The van der Waals surface area contributed by atoms with E-state index in [0.29, 0.717) is 31.5 Å². The van der Waals surface area contributed by atoms with Crippen molar-refractivity contribution in [3.05, 3.63) is 35.4 Å². The molecule has 1 saturated carbocycles. The molecule has 0 aromatic heterocycles. The van der Waals surface area contributed by atoms with E-state index >= 15 is 0 Å². The number of nitrogens with one attached hydrogen (secondary N) is 1. The highest BCUT2D eigenvalue weighted by Crippen LogP contribution is 2.37. The molecule has 0 saturated heterocycles. The van der Waals surface area contributed by atoms with Crippen LogP contribution in [0.2, 0.25) is 0 Å². The van der Waals surface area contributed by atoms with Crippen LogP contribution in [0.1, 0.15) is 43.2 Å². The largest absolute Gasteiger partial charge is 0.389 e. The van der Waals surface area contributed by atoms with Gasteiger partial charge in [-0.15, -0.1) is 0 Å². The van der Waals surface area contributed by atoms with E-state index in [1.165, 1.54) is 24.0 Å². The molecule has 0 spiro atoms. The van der Waals surface area contributed by atoms with Crippen LogP contribution in [-0.2, 0) is 4.74 Å². The number of ether oxygens (including phenoxy) is 1. The van der Waals surface area contributed by atoms with Gasteiger partial charge in [-0.1, -0.05) is 29.8 Å². The van der Waals surface area contributed by atoms with Gasteiger partial charge in [0.15, 0.2) is 0 Å². The summed E-state index contributed by atoms with van der Waals surface area (Å²) in [7, 11) is 1.67. The quantitative estimate of drug-likeness (QED) is 0.805. The summed E-state index contributed by atoms with van der Waals surface area (Å²) < 4.78 is 5.02. The molecule has 3 heteroatoms. The number of methoxy groups -OCH3 is 1. The first kappa shape index (κ1) is 15.5. The topological polar surface area (TPSA) is 41.5 Å². The molecular formula is C17H27NO2. The van der Waals surface area contributed by atoms with E-state index in [1.807, 2.05) is 6.92 Å². The van der Waals surface area contributed by atoms with Gasteiger partial charge in [-0.25, -0.2) is 0 Å². The van der Waals surface area contributed by atoms with Gasteiger partial charge in [0.1, 0.15) is 0 Å². The van der Waals surface area contributed by atoms with E-state index in [0.717, 1.165) is 0 Å². The number of hydrogen-bond donors (Lipinski definition) is 2. The molecule has 1 atom stereocenters. The number of hydrogen-bond acceptors (Lipinski definition) is 3. The van der Waals surface area contributed by atoms with Crippen molar-refractivity contribution in [2.75, 3.05) is 20.3 Å². The predicted octanol–water partition coefficient (Wildman–Crippen LogP) is 2.62. The van der Waals surface area contributed by atoms with Crippen LogP contribution >= 0.6 is 0 Å². The summed E-state index contributed by atoms with van der Waals surface area (Å²) in [4.78, 5) is 0. The molecule has 1 aromatic carbocycles. The maximum atomic E-state index is 10.2. The first-order chi connectivity index (χ1) is 9.50.